The van der Waals surface area contributed by atoms with Crippen LogP contribution in [-0.2, 0) is 9.59 Å². The third-order valence-corrected chi connectivity index (χ3v) is 5.61. The number of halogens is 1. The van der Waals surface area contributed by atoms with Gasteiger partial charge in [0.15, 0.2) is 0 Å². The third kappa shape index (κ3) is 3.04. The molecule has 2 aliphatic heterocycles. The van der Waals surface area contributed by atoms with Crippen LogP contribution in [0.3, 0.4) is 0 Å². The molecular formula is C22H21ClN2O2. The number of nitrogens with zero attached hydrogens (tertiary/aromatic N) is 2. The molecule has 0 aliphatic carbocycles. The van der Waals surface area contributed by atoms with Crippen molar-refractivity contribution < 1.29 is 9.59 Å². The van der Waals surface area contributed by atoms with Gasteiger partial charge in [0.1, 0.15) is 5.70 Å². The molecule has 0 unspecified atom stereocenters. The largest absolute Gasteiger partial charge is 0.366 e. The maximum Gasteiger partial charge on any atom is 0.282 e. The summed E-state index contributed by atoms with van der Waals surface area (Å²) in [4.78, 5) is 30.0. The molecule has 0 atom stereocenters. The molecule has 1 fully saturated rings. The number of carbonyl (C=O) groups excluding carboxylic acids is 2. The second-order valence-corrected chi connectivity index (χ2v) is 7.58. The van der Waals surface area contributed by atoms with E-state index in [1.165, 1.54) is 4.90 Å². The summed E-state index contributed by atoms with van der Waals surface area (Å²) < 4.78 is 0. The summed E-state index contributed by atoms with van der Waals surface area (Å²) in [5.74, 6) is -0.523. The Morgan fingerprint density at radius 2 is 1.52 bits per heavy atom. The van der Waals surface area contributed by atoms with Gasteiger partial charge in [0.05, 0.1) is 11.3 Å². The summed E-state index contributed by atoms with van der Waals surface area (Å²) in [5.41, 5.74) is 4.63. The lowest BCUT2D eigenvalue weighted by atomic mass is 9.99. The smallest absolute Gasteiger partial charge is 0.282 e. The topological polar surface area (TPSA) is 40.6 Å². The number of rotatable bonds is 3. The highest BCUT2D eigenvalue weighted by Gasteiger charge is 2.42. The van der Waals surface area contributed by atoms with Gasteiger partial charge in [0.25, 0.3) is 11.8 Å². The number of benzene rings is 2. The molecule has 0 radical (unpaired) electrons. The first-order valence-corrected chi connectivity index (χ1v) is 9.56. The lowest BCUT2D eigenvalue weighted by Gasteiger charge is -2.20. The van der Waals surface area contributed by atoms with Gasteiger partial charge in [-0.15, -0.1) is 0 Å². The van der Waals surface area contributed by atoms with Gasteiger partial charge in [0.2, 0.25) is 0 Å². The molecule has 2 heterocycles. The molecule has 0 aromatic heterocycles. The van der Waals surface area contributed by atoms with Gasteiger partial charge >= 0.3 is 0 Å². The van der Waals surface area contributed by atoms with E-state index in [4.69, 9.17) is 11.6 Å². The van der Waals surface area contributed by atoms with Crippen LogP contribution in [0, 0.1) is 13.8 Å². The number of imide groups is 1. The van der Waals surface area contributed by atoms with Gasteiger partial charge < -0.3 is 4.90 Å². The van der Waals surface area contributed by atoms with Crippen LogP contribution in [0.2, 0.25) is 5.02 Å². The molecule has 0 bridgehead atoms. The van der Waals surface area contributed by atoms with Gasteiger partial charge in [-0.25, -0.2) is 4.90 Å². The van der Waals surface area contributed by atoms with E-state index in [9.17, 15) is 9.59 Å². The van der Waals surface area contributed by atoms with Crippen molar-refractivity contribution in [3.63, 3.8) is 0 Å². The quantitative estimate of drug-likeness (QED) is 0.744. The number of amides is 2. The van der Waals surface area contributed by atoms with Crippen LogP contribution >= 0.6 is 11.6 Å². The van der Waals surface area contributed by atoms with E-state index >= 15 is 0 Å². The van der Waals surface area contributed by atoms with Crippen molar-refractivity contribution in [3.8, 4) is 0 Å². The minimum absolute atomic E-state index is 0.252. The third-order valence-electron chi connectivity index (χ3n) is 5.36. The van der Waals surface area contributed by atoms with Crippen molar-refractivity contribution in [1.82, 2.24) is 4.90 Å². The van der Waals surface area contributed by atoms with Gasteiger partial charge in [0, 0.05) is 18.1 Å². The minimum atomic E-state index is -0.271. The zero-order valence-corrected chi connectivity index (χ0v) is 16.2. The van der Waals surface area contributed by atoms with Crippen molar-refractivity contribution >= 4 is 34.7 Å². The summed E-state index contributed by atoms with van der Waals surface area (Å²) in [6, 6.07) is 12.7. The highest BCUT2D eigenvalue weighted by atomic mass is 35.5. The Kier molecular flexibility index (Phi) is 4.52. The van der Waals surface area contributed by atoms with Gasteiger partial charge in [-0.2, -0.15) is 0 Å². The fraction of sp³-hybridized carbons (Fsp3) is 0.273. The van der Waals surface area contributed by atoms with Crippen molar-refractivity contribution in [2.75, 3.05) is 18.0 Å². The van der Waals surface area contributed by atoms with E-state index in [0.29, 0.717) is 22.0 Å². The zero-order valence-electron chi connectivity index (χ0n) is 15.5. The number of likely N-dealkylation sites (tertiary alicyclic amines) is 1. The standard InChI is InChI=1S/C22H21ClN2O2/c1-14-5-6-16(13-15(14)2)19-20(24-11-3-4-12-24)22(27)25(21(19)26)18-9-7-17(23)8-10-18/h5-10,13H,3-4,11-12H2,1-2H3. The first-order valence-electron chi connectivity index (χ1n) is 9.18. The van der Waals surface area contributed by atoms with Crippen LogP contribution in [0.4, 0.5) is 5.69 Å². The van der Waals surface area contributed by atoms with E-state index in [2.05, 4.69) is 4.90 Å². The van der Waals surface area contributed by atoms with Crippen LogP contribution in [0.1, 0.15) is 29.5 Å². The number of carbonyl (C=O) groups is 2. The van der Waals surface area contributed by atoms with Crippen molar-refractivity contribution in [3.05, 3.63) is 69.9 Å². The Labute approximate surface area is 164 Å². The summed E-state index contributed by atoms with van der Waals surface area (Å²) in [6.07, 6.45) is 2.07. The average molecular weight is 381 g/mol. The Hall–Kier alpha value is -2.59. The maximum atomic E-state index is 13.4. The highest BCUT2D eigenvalue weighted by Crippen LogP contribution is 2.36. The normalized spacial score (nSPS) is 17.4. The Balaban J connectivity index is 1.84. The Morgan fingerprint density at radius 1 is 0.852 bits per heavy atom. The second kappa shape index (κ2) is 6.86. The van der Waals surface area contributed by atoms with Crippen LogP contribution in [0.5, 0.6) is 0 Å². The van der Waals surface area contributed by atoms with Crippen molar-refractivity contribution in [2.24, 2.45) is 0 Å². The molecule has 5 heteroatoms. The first-order chi connectivity index (χ1) is 13.0. The molecule has 0 N–H and O–H groups in total. The SMILES string of the molecule is Cc1ccc(C2=C(N3CCCC3)C(=O)N(c3ccc(Cl)cc3)C2=O)cc1C. The monoisotopic (exact) mass is 380 g/mol. The van der Waals surface area contributed by atoms with E-state index in [0.717, 1.165) is 42.6 Å². The molecule has 138 valence electrons. The number of hydrogen-bond donors (Lipinski definition) is 0. The summed E-state index contributed by atoms with van der Waals surface area (Å²) >= 11 is 5.97. The minimum Gasteiger partial charge on any atom is -0.366 e. The fourth-order valence-electron chi connectivity index (χ4n) is 3.73. The first kappa shape index (κ1) is 17.8. The average Bonchev–Trinajstić information content (AvgIpc) is 3.25. The van der Waals surface area contributed by atoms with E-state index in [1.807, 2.05) is 32.0 Å². The highest BCUT2D eigenvalue weighted by molar-refractivity contribution is 6.45. The van der Waals surface area contributed by atoms with Crippen LogP contribution in [0.15, 0.2) is 48.2 Å². The van der Waals surface area contributed by atoms with Crippen molar-refractivity contribution in [2.45, 2.75) is 26.7 Å². The predicted octanol–water partition coefficient (Wildman–Crippen LogP) is 4.34. The predicted molar refractivity (Wildman–Crippen MR) is 108 cm³/mol. The van der Waals surface area contributed by atoms with E-state index < -0.39 is 0 Å². The van der Waals surface area contributed by atoms with Crippen LogP contribution in [-0.4, -0.2) is 29.8 Å². The van der Waals surface area contributed by atoms with Gasteiger partial charge in [-0.3, -0.25) is 9.59 Å². The molecule has 2 amide bonds. The molecule has 2 aromatic carbocycles. The molecular weight excluding hydrogens is 360 g/mol. The lowest BCUT2D eigenvalue weighted by molar-refractivity contribution is -0.120. The molecule has 1 saturated heterocycles. The number of anilines is 1. The van der Waals surface area contributed by atoms with E-state index in [1.54, 1.807) is 24.3 Å². The molecule has 2 aliphatic rings. The van der Waals surface area contributed by atoms with Crippen molar-refractivity contribution in [1.29, 1.82) is 0 Å². The summed E-state index contributed by atoms with van der Waals surface area (Å²) in [7, 11) is 0. The molecule has 0 saturated carbocycles. The Morgan fingerprint density at radius 3 is 2.15 bits per heavy atom. The number of hydrogen-bond acceptors (Lipinski definition) is 3. The number of aryl methyl sites for hydroxylation is 2. The lowest BCUT2D eigenvalue weighted by Crippen LogP contribution is -2.34. The van der Waals surface area contributed by atoms with Crippen LogP contribution in [0.25, 0.3) is 5.57 Å². The molecule has 4 nitrogen and oxygen atoms in total. The maximum absolute atomic E-state index is 13.4. The zero-order chi connectivity index (χ0) is 19.1. The Bertz CT molecular complexity index is 957. The second-order valence-electron chi connectivity index (χ2n) is 7.14. The molecule has 4 rings (SSSR count). The fourth-order valence-corrected chi connectivity index (χ4v) is 3.86. The molecule has 0 spiro atoms. The van der Waals surface area contributed by atoms with Gasteiger partial charge in [-0.05, 0) is 67.6 Å². The summed E-state index contributed by atoms with van der Waals surface area (Å²) in [5, 5.41) is 0.569. The van der Waals surface area contributed by atoms with Gasteiger partial charge in [-0.1, -0.05) is 29.8 Å². The van der Waals surface area contributed by atoms with E-state index in [-0.39, 0.29) is 11.8 Å². The summed E-state index contributed by atoms with van der Waals surface area (Å²) in [6.45, 7) is 5.66. The molecule has 27 heavy (non-hydrogen) atoms. The van der Waals surface area contributed by atoms with Crippen LogP contribution < -0.4 is 4.90 Å². The molecule has 2 aromatic rings.